The first-order chi connectivity index (χ1) is 14.4. The molecule has 1 aliphatic heterocycles. The van der Waals surface area contributed by atoms with Crippen LogP contribution in [-0.4, -0.2) is 29.9 Å². The van der Waals surface area contributed by atoms with Crippen LogP contribution in [0.3, 0.4) is 0 Å². The number of ether oxygens (including phenoxy) is 1. The highest BCUT2D eigenvalue weighted by atomic mass is 35.5. The van der Waals surface area contributed by atoms with E-state index in [-0.39, 0.29) is 30.1 Å². The molecule has 1 aliphatic rings. The van der Waals surface area contributed by atoms with Crippen LogP contribution in [0.15, 0.2) is 60.7 Å². The smallest absolute Gasteiger partial charge is 0.406 e. The average molecular weight is 452 g/mol. The van der Waals surface area contributed by atoms with Gasteiger partial charge in [-0.1, -0.05) is 42.5 Å². The van der Waals surface area contributed by atoms with Gasteiger partial charge in [-0.2, -0.15) is 0 Å². The molecule has 9 heteroatoms. The van der Waals surface area contributed by atoms with Crippen LogP contribution in [0.1, 0.15) is 23.0 Å². The molecule has 164 valence electrons. The first kappa shape index (κ1) is 22.7. The molecule has 1 atom stereocenters. The van der Waals surface area contributed by atoms with Gasteiger partial charge in [0.2, 0.25) is 0 Å². The number of carbonyl (C=O) groups is 1. The summed E-state index contributed by atoms with van der Waals surface area (Å²) in [5, 5.41) is 2.87. The largest absolute Gasteiger partial charge is 0.573 e. The van der Waals surface area contributed by atoms with Crippen LogP contribution >= 0.6 is 12.4 Å². The van der Waals surface area contributed by atoms with Crippen LogP contribution in [0.5, 0.6) is 5.75 Å². The highest BCUT2D eigenvalue weighted by Crippen LogP contribution is 2.40. The lowest BCUT2D eigenvalue weighted by Gasteiger charge is -2.28. The Balaban J connectivity index is 0.00000272. The highest BCUT2D eigenvalue weighted by Gasteiger charge is 2.32. The van der Waals surface area contributed by atoms with Gasteiger partial charge in [0, 0.05) is 12.1 Å². The number of halogens is 4. The highest BCUT2D eigenvalue weighted by molar-refractivity contribution is 5.98. The third-order valence-electron chi connectivity index (χ3n) is 5.06. The number of rotatable bonds is 5. The molecular formula is C22H21ClF3N3O2. The van der Waals surface area contributed by atoms with Crippen LogP contribution in [-0.2, 0) is 0 Å². The van der Waals surface area contributed by atoms with E-state index in [9.17, 15) is 18.0 Å². The lowest BCUT2D eigenvalue weighted by molar-refractivity contribution is -0.274. The molecule has 3 N–H and O–H groups in total. The van der Waals surface area contributed by atoms with Crippen molar-refractivity contribution < 1.29 is 22.7 Å². The average Bonchev–Trinajstić information content (AvgIpc) is 3.12. The maximum Gasteiger partial charge on any atom is 0.573 e. The minimum Gasteiger partial charge on any atom is -0.406 e. The molecule has 31 heavy (non-hydrogen) atoms. The lowest BCUT2D eigenvalue weighted by atomic mass is 10.0. The Bertz CT molecular complexity index is 1070. The first-order valence-electron chi connectivity index (χ1n) is 9.52. The van der Waals surface area contributed by atoms with Gasteiger partial charge in [0.05, 0.1) is 11.7 Å². The van der Waals surface area contributed by atoms with E-state index in [0.717, 1.165) is 11.3 Å². The van der Waals surface area contributed by atoms with E-state index >= 15 is 0 Å². The number of nitrogens with one attached hydrogen (secondary N) is 1. The monoisotopic (exact) mass is 451 g/mol. The van der Waals surface area contributed by atoms with E-state index in [2.05, 4.69) is 10.1 Å². The third-order valence-corrected chi connectivity index (χ3v) is 5.06. The van der Waals surface area contributed by atoms with Crippen molar-refractivity contribution in [3.63, 3.8) is 0 Å². The SMILES string of the molecule is Cl.NCCC1CNC(=O)c2cc(-c3cccc(OC(F)(F)F)c3)c(-c3ccccc3)n21. The second-order valence-electron chi connectivity index (χ2n) is 7.04. The van der Waals surface area contributed by atoms with E-state index in [1.807, 2.05) is 34.9 Å². The summed E-state index contributed by atoms with van der Waals surface area (Å²) in [4.78, 5) is 12.6. The summed E-state index contributed by atoms with van der Waals surface area (Å²) in [6, 6.07) is 16.9. The number of nitrogens with zero attached hydrogens (tertiary/aromatic N) is 1. The molecule has 4 rings (SSSR count). The first-order valence-corrected chi connectivity index (χ1v) is 9.52. The number of benzene rings is 2. The Hall–Kier alpha value is -2.97. The predicted molar refractivity (Wildman–Crippen MR) is 114 cm³/mol. The van der Waals surface area contributed by atoms with Gasteiger partial charge in [0.15, 0.2) is 0 Å². The molecule has 2 aromatic carbocycles. The van der Waals surface area contributed by atoms with Gasteiger partial charge in [-0.15, -0.1) is 25.6 Å². The van der Waals surface area contributed by atoms with Crippen molar-refractivity contribution in [2.24, 2.45) is 5.73 Å². The minimum atomic E-state index is -4.78. The predicted octanol–water partition coefficient (Wildman–Crippen LogP) is 4.78. The molecule has 0 saturated carbocycles. The summed E-state index contributed by atoms with van der Waals surface area (Å²) in [5.74, 6) is -0.541. The minimum absolute atomic E-state index is 0. The Morgan fingerprint density at radius 2 is 1.77 bits per heavy atom. The molecule has 0 saturated heterocycles. The van der Waals surface area contributed by atoms with Gasteiger partial charge in [-0.3, -0.25) is 4.79 Å². The fraction of sp³-hybridized carbons (Fsp3) is 0.227. The number of nitrogens with two attached hydrogens (primary N) is 1. The number of amides is 1. The van der Waals surface area contributed by atoms with E-state index < -0.39 is 6.36 Å². The molecule has 0 aliphatic carbocycles. The number of aromatic nitrogens is 1. The van der Waals surface area contributed by atoms with Crippen molar-refractivity contribution in [1.82, 2.24) is 9.88 Å². The van der Waals surface area contributed by atoms with Gasteiger partial charge in [-0.25, -0.2) is 0 Å². The van der Waals surface area contributed by atoms with Crippen molar-refractivity contribution in [2.75, 3.05) is 13.1 Å². The number of hydrogen-bond acceptors (Lipinski definition) is 3. The van der Waals surface area contributed by atoms with Crippen LogP contribution in [0, 0.1) is 0 Å². The van der Waals surface area contributed by atoms with E-state index in [0.29, 0.717) is 36.3 Å². The zero-order chi connectivity index (χ0) is 21.3. The van der Waals surface area contributed by atoms with Gasteiger partial charge in [0.25, 0.3) is 5.91 Å². The Labute approximate surface area is 183 Å². The fourth-order valence-corrected chi connectivity index (χ4v) is 3.87. The molecular weight excluding hydrogens is 431 g/mol. The summed E-state index contributed by atoms with van der Waals surface area (Å²) < 4.78 is 44.1. The summed E-state index contributed by atoms with van der Waals surface area (Å²) in [6.07, 6.45) is -4.13. The van der Waals surface area contributed by atoms with Crippen LogP contribution in [0.4, 0.5) is 13.2 Å². The molecule has 1 unspecified atom stereocenters. The van der Waals surface area contributed by atoms with E-state index in [4.69, 9.17) is 5.73 Å². The maximum absolute atomic E-state index is 12.7. The van der Waals surface area contributed by atoms with Crippen molar-refractivity contribution in [3.8, 4) is 28.1 Å². The maximum atomic E-state index is 12.7. The second-order valence-corrected chi connectivity index (χ2v) is 7.04. The summed E-state index contributed by atoms with van der Waals surface area (Å²) in [6.45, 7) is 0.880. The fourth-order valence-electron chi connectivity index (χ4n) is 3.87. The van der Waals surface area contributed by atoms with E-state index in [1.54, 1.807) is 12.1 Å². The van der Waals surface area contributed by atoms with Gasteiger partial charge >= 0.3 is 6.36 Å². The Kier molecular flexibility index (Phi) is 6.62. The zero-order valence-electron chi connectivity index (χ0n) is 16.4. The normalized spacial score (nSPS) is 15.6. The zero-order valence-corrected chi connectivity index (χ0v) is 17.2. The Morgan fingerprint density at radius 1 is 1.06 bits per heavy atom. The molecule has 0 bridgehead atoms. The number of hydrogen-bond donors (Lipinski definition) is 2. The van der Waals surface area contributed by atoms with Gasteiger partial charge < -0.3 is 20.4 Å². The van der Waals surface area contributed by atoms with Crippen molar-refractivity contribution >= 4 is 18.3 Å². The second kappa shape index (κ2) is 9.03. The van der Waals surface area contributed by atoms with Gasteiger partial charge in [-0.05, 0) is 42.3 Å². The molecule has 5 nitrogen and oxygen atoms in total. The number of carbonyl (C=O) groups excluding carboxylic acids is 1. The molecule has 1 amide bonds. The van der Waals surface area contributed by atoms with Crippen LogP contribution in [0.25, 0.3) is 22.4 Å². The van der Waals surface area contributed by atoms with Crippen molar-refractivity contribution in [3.05, 3.63) is 66.4 Å². The van der Waals surface area contributed by atoms with Crippen LogP contribution in [0.2, 0.25) is 0 Å². The molecule has 1 aromatic heterocycles. The lowest BCUT2D eigenvalue weighted by Crippen LogP contribution is -2.39. The standard InChI is InChI=1S/C22H20F3N3O2.ClH/c23-22(24,25)30-17-8-4-7-15(11-17)18-12-19-21(29)27-13-16(9-10-26)28(19)20(18)14-5-2-1-3-6-14;/h1-8,11-12,16H,9-10,13,26H2,(H,27,29);1H. The summed E-state index contributed by atoms with van der Waals surface area (Å²) in [5.41, 5.74) is 9.05. The summed E-state index contributed by atoms with van der Waals surface area (Å²) >= 11 is 0. The molecule has 2 heterocycles. The molecule has 0 fully saturated rings. The molecule has 0 spiro atoms. The van der Waals surface area contributed by atoms with Crippen LogP contribution < -0.4 is 15.8 Å². The molecule has 3 aromatic rings. The van der Waals surface area contributed by atoms with Crippen molar-refractivity contribution in [2.45, 2.75) is 18.8 Å². The quantitative estimate of drug-likeness (QED) is 0.586. The molecule has 0 radical (unpaired) electrons. The topological polar surface area (TPSA) is 69.3 Å². The third kappa shape index (κ3) is 4.70. The van der Waals surface area contributed by atoms with E-state index in [1.165, 1.54) is 18.2 Å². The Morgan fingerprint density at radius 3 is 2.45 bits per heavy atom. The number of alkyl halides is 3. The van der Waals surface area contributed by atoms with Crippen molar-refractivity contribution in [1.29, 1.82) is 0 Å². The number of fused-ring (bicyclic) bond motifs is 1. The van der Waals surface area contributed by atoms with Gasteiger partial charge in [0.1, 0.15) is 11.4 Å². The summed E-state index contributed by atoms with van der Waals surface area (Å²) in [7, 11) is 0.